The fraction of sp³-hybridized carbons (Fsp3) is 0.429. The van der Waals surface area contributed by atoms with E-state index < -0.39 is 0 Å². The Labute approximate surface area is 122 Å². The fourth-order valence-electron chi connectivity index (χ4n) is 2.23. The molecule has 2 aromatic rings. The van der Waals surface area contributed by atoms with E-state index >= 15 is 0 Å². The molecule has 1 aliphatic rings. The summed E-state index contributed by atoms with van der Waals surface area (Å²) < 4.78 is 11.0. The molecule has 3 rings (SSSR count). The number of morpholine rings is 1. The van der Waals surface area contributed by atoms with E-state index in [1.54, 1.807) is 0 Å². The summed E-state index contributed by atoms with van der Waals surface area (Å²) in [5.74, 6) is 1.20. The quantitative estimate of drug-likeness (QED) is 0.869. The van der Waals surface area contributed by atoms with Crippen molar-refractivity contribution < 1.29 is 9.26 Å². The number of halogens is 1. The predicted molar refractivity (Wildman–Crippen MR) is 74.7 cm³/mol. The van der Waals surface area contributed by atoms with E-state index in [1.165, 1.54) is 0 Å². The Morgan fingerprint density at radius 1 is 1.45 bits per heavy atom. The standard InChI is InChI=1S/C14H16ClN3O2/c1-18-5-6-19-12(9-18)14-16-13(20-17-14)8-10-3-2-4-11(15)7-10/h2-4,7,12H,5-6,8-9H2,1H3/t12-/m1/s1. The van der Waals surface area contributed by atoms with Gasteiger partial charge in [0, 0.05) is 18.1 Å². The van der Waals surface area contributed by atoms with E-state index in [1.807, 2.05) is 24.3 Å². The Balaban J connectivity index is 1.70. The zero-order chi connectivity index (χ0) is 13.9. The minimum atomic E-state index is -0.106. The van der Waals surface area contributed by atoms with Gasteiger partial charge in [-0.2, -0.15) is 4.98 Å². The molecule has 20 heavy (non-hydrogen) atoms. The zero-order valence-corrected chi connectivity index (χ0v) is 12.0. The summed E-state index contributed by atoms with van der Waals surface area (Å²) in [6.07, 6.45) is 0.474. The van der Waals surface area contributed by atoms with Crippen LogP contribution in [0, 0.1) is 0 Å². The lowest BCUT2D eigenvalue weighted by Crippen LogP contribution is -2.35. The highest BCUT2D eigenvalue weighted by Gasteiger charge is 2.24. The van der Waals surface area contributed by atoms with Gasteiger partial charge in [0.05, 0.1) is 13.0 Å². The highest BCUT2D eigenvalue weighted by atomic mass is 35.5. The molecule has 6 heteroatoms. The van der Waals surface area contributed by atoms with Crippen LogP contribution in [0.3, 0.4) is 0 Å². The Hall–Kier alpha value is -1.43. The summed E-state index contributed by atoms with van der Waals surface area (Å²) >= 11 is 5.96. The van der Waals surface area contributed by atoms with Crippen LogP contribution in [0.1, 0.15) is 23.4 Å². The van der Waals surface area contributed by atoms with E-state index in [2.05, 4.69) is 22.1 Å². The van der Waals surface area contributed by atoms with Crippen LogP contribution < -0.4 is 0 Å². The summed E-state index contributed by atoms with van der Waals surface area (Å²) in [7, 11) is 2.06. The van der Waals surface area contributed by atoms with Crippen LogP contribution in [0.15, 0.2) is 28.8 Å². The lowest BCUT2D eigenvalue weighted by Gasteiger charge is -2.27. The molecule has 0 unspecified atom stereocenters. The molecular weight excluding hydrogens is 278 g/mol. The van der Waals surface area contributed by atoms with Crippen LogP contribution in [0.5, 0.6) is 0 Å². The van der Waals surface area contributed by atoms with Crippen molar-refractivity contribution in [2.24, 2.45) is 0 Å². The smallest absolute Gasteiger partial charge is 0.231 e. The van der Waals surface area contributed by atoms with Gasteiger partial charge in [0.25, 0.3) is 0 Å². The first-order chi connectivity index (χ1) is 9.70. The second-order valence-electron chi connectivity index (χ2n) is 4.97. The van der Waals surface area contributed by atoms with Gasteiger partial charge < -0.3 is 14.2 Å². The van der Waals surface area contributed by atoms with E-state index in [9.17, 15) is 0 Å². The molecule has 2 heterocycles. The number of likely N-dealkylation sites (N-methyl/N-ethyl adjacent to an activating group) is 1. The van der Waals surface area contributed by atoms with Crippen LogP contribution in [-0.4, -0.2) is 41.8 Å². The molecule has 0 radical (unpaired) electrons. The molecule has 106 valence electrons. The van der Waals surface area contributed by atoms with Crippen LogP contribution in [0.4, 0.5) is 0 Å². The summed E-state index contributed by atoms with van der Waals surface area (Å²) in [5.41, 5.74) is 1.05. The fourth-order valence-corrected chi connectivity index (χ4v) is 2.44. The van der Waals surface area contributed by atoms with Gasteiger partial charge in [0.2, 0.25) is 11.7 Å². The first-order valence-electron chi connectivity index (χ1n) is 6.58. The number of nitrogens with zero attached hydrogens (tertiary/aromatic N) is 3. The molecule has 1 atom stereocenters. The molecule has 1 aromatic heterocycles. The summed E-state index contributed by atoms with van der Waals surface area (Å²) in [4.78, 5) is 6.62. The highest BCUT2D eigenvalue weighted by Crippen LogP contribution is 2.20. The second-order valence-corrected chi connectivity index (χ2v) is 5.41. The molecule has 0 spiro atoms. The van der Waals surface area contributed by atoms with Crippen molar-refractivity contribution in [1.82, 2.24) is 15.0 Å². The first-order valence-corrected chi connectivity index (χ1v) is 6.95. The maximum absolute atomic E-state index is 5.96. The number of rotatable bonds is 3. The number of hydrogen-bond acceptors (Lipinski definition) is 5. The lowest BCUT2D eigenvalue weighted by atomic mass is 10.1. The Morgan fingerprint density at radius 2 is 2.35 bits per heavy atom. The minimum absolute atomic E-state index is 0.106. The van der Waals surface area contributed by atoms with Crippen molar-refractivity contribution in [3.05, 3.63) is 46.6 Å². The van der Waals surface area contributed by atoms with Crippen molar-refractivity contribution in [2.45, 2.75) is 12.5 Å². The molecule has 1 aromatic carbocycles. The highest BCUT2D eigenvalue weighted by molar-refractivity contribution is 6.30. The normalized spacial score (nSPS) is 20.2. The molecule has 1 aliphatic heterocycles. The SMILES string of the molecule is CN1CCO[C@@H](c2noc(Cc3cccc(Cl)c3)n2)C1. The van der Waals surface area contributed by atoms with Crippen molar-refractivity contribution in [3.8, 4) is 0 Å². The van der Waals surface area contributed by atoms with Gasteiger partial charge in [-0.05, 0) is 24.7 Å². The number of aromatic nitrogens is 2. The molecule has 0 saturated carbocycles. The number of benzene rings is 1. The zero-order valence-electron chi connectivity index (χ0n) is 11.3. The van der Waals surface area contributed by atoms with Gasteiger partial charge in [0.1, 0.15) is 6.10 Å². The minimum Gasteiger partial charge on any atom is -0.367 e. The third-order valence-corrected chi connectivity index (χ3v) is 3.52. The van der Waals surface area contributed by atoms with Gasteiger partial charge in [0.15, 0.2) is 0 Å². The van der Waals surface area contributed by atoms with Crippen molar-refractivity contribution >= 4 is 11.6 Å². The van der Waals surface area contributed by atoms with E-state index in [4.69, 9.17) is 20.9 Å². The van der Waals surface area contributed by atoms with Gasteiger partial charge >= 0.3 is 0 Å². The molecule has 0 aliphatic carbocycles. The molecule has 0 N–H and O–H groups in total. The van der Waals surface area contributed by atoms with Crippen molar-refractivity contribution in [1.29, 1.82) is 0 Å². The van der Waals surface area contributed by atoms with Crippen LogP contribution in [-0.2, 0) is 11.2 Å². The third-order valence-electron chi connectivity index (χ3n) is 3.29. The average Bonchev–Trinajstić information content (AvgIpc) is 2.87. The predicted octanol–water partition coefficient (Wildman–Crippen LogP) is 2.32. The van der Waals surface area contributed by atoms with E-state index in [0.29, 0.717) is 29.8 Å². The molecule has 5 nitrogen and oxygen atoms in total. The van der Waals surface area contributed by atoms with Gasteiger partial charge in [-0.25, -0.2) is 0 Å². The topological polar surface area (TPSA) is 51.4 Å². The monoisotopic (exact) mass is 293 g/mol. The van der Waals surface area contributed by atoms with Crippen molar-refractivity contribution in [3.63, 3.8) is 0 Å². The van der Waals surface area contributed by atoms with E-state index in [0.717, 1.165) is 18.7 Å². The van der Waals surface area contributed by atoms with Crippen LogP contribution >= 0.6 is 11.6 Å². The summed E-state index contributed by atoms with van der Waals surface area (Å²) in [6, 6.07) is 7.64. The maximum atomic E-state index is 5.96. The largest absolute Gasteiger partial charge is 0.367 e. The van der Waals surface area contributed by atoms with Gasteiger partial charge in [-0.1, -0.05) is 28.9 Å². The van der Waals surface area contributed by atoms with Crippen LogP contribution in [0.25, 0.3) is 0 Å². The Kier molecular flexibility index (Phi) is 4.00. The second kappa shape index (κ2) is 5.91. The molecular formula is C14H16ClN3O2. The van der Waals surface area contributed by atoms with Gasteiger partial charge in [-0.3, -0.25) is 0 Å². The summed E-state index contributed by atoms with van der Waals surface area (Å²) in [6.45, 7) is 2.42. The molecule has 0 bridgehead atoms. The van der Waals surface area contributed by atoms with Crippen LogP contribution in [0.2, 0.25) is 5.02 Å². The Morgan fingerprint density at radius 3 is 3.15 bits per heavy atom. The Bertz CT molecular complexity index is 587. The van der Waals surface area contributed by atoms with E-state index in [-0.39, 0.29) is 6.10 Å². The average molecular weight is 294 g/mol. The molecule has 0 amide bonds. The van der Waals surface area contributed by atoms with Crippen molar-refractivity contribution in [2.75, 3.05) is 26.7 Å². The third kappa shape index (κ3) is 3.17. The maximum Gasteiger partial charge on any atom is 0.231 e. The first kappa shape index (κ1) is 13.5. The number of hydrogen-bond donors (Lipinski definition) is 0. The number of ether oxygens (including phenoxy) is 1. The summed E-state index contributed by atoms with van der Waals surface area (Å²) in [5, 5.41) is 4.73. The molecule has 1 fully saturated rings. The van der Waals surface area contributed by atoms with Gasteiger partial charge in [-0.15, -0.1) is 0 Å². The molecule has 1 saturated heterocycles. The lowest BCUT2D eigenvalue weighted by molar-refractivity contribution is -0.0264.